The second-order valence-electron chi connectivity index (χ2n) is 7.17. The number of aromatic nitrogens is 5. The normalized spacial score (nSPS) is 14.7. The van der Waals surface area contributed by atoms with Crippen molar-refractivity contribution >= 4 is 34.1 Å². The van der Waals surface area contributed by atoms with Crippen molar-refractivity contribution in [3.63, 3.8) is 0 Å². The number of hydrogen-bond acceptors (Lipinski definition) is 7. The molecule has 0 unspecified atom stereocenters. The Morgan fingerprint density at radius 1 is 1.17 bits per heavy atom. The first-order valence-corrected chi connectivity index (χ1v) is 11.9. The van der Waals surface area contributed by atoms with Crippen molar-refractivity contribution in [2.45, 2.75) is 56.6 Å². The van der Waals surface area contributed by atoms with E-state index in [1.165, 1.54) is 54.5 Å². The number of rotatable bonds is 7. The maximum Gasteiger partial charge on any atom is 0.236 e. The van der Waals surface area contributed by atoms with Crippen LogP contribution in [0, 0.1) is 5.82 Å². The smallest absolute Gasteiger partial charge is 0.236 e. The molecule has 0 aliphatic heterocycles. The van der Waals surface area contributed by atoms with Gasteiger partial charge in [-0.3, -0.25) is 10.1 Å². The number of thioether (sulfide) groups is 1. The maximum atomic E-state index is 13.2. The van der Waals surface area contributed by atoms with Gasteiger partial charge in [-0.15, -0.1) is 20.4 Å². The molecule has 158 valence electrons. The van der Waals surface area contributed by atoms with Gasteiger partial charge in [0.15, 0.2) is 11.0 Å². The van der Waals surface area contributed by atoms with Crippen LogP contribution in [0.1, 0.15) is 50.0 Å². The number of nitrogens with one attached hydrogen (secondary N) is 1. The van der Waals surface area contributed by atoms with Crippen LogP contribution >= 0.6 is 23.1 Å². The van der Waals surface area contributed by atoms with Crippen molar-refractivity contribution in [1.82, 2.24) is 25.0 Å². The molecule has 0 atom stereocenters. The van der Waals surface area contributed by atoms with Crippen LogP contribution in [0.3, 0.4) is 0 Å². The minimum atomic E-state index is -0.295. The van der Waals surface area contributed by atoms with Crippen molar-refractivity contribution in [2.24, 2.45) is 0 Å². The highest BCUT2D eigenvalue weighted by atomic mass is 32.2. The zero-order chi connectivity index (χ0) is 20.9. The van der Waals surface area contributed by atoms with E-state index >= 15 is 0 Å². The molecule has 2 aromatic heterocycles. The Morgan fingerprint density at radius 3 is 2.67 bits per heavy atom. The van der Waals surface area contributed by atoms with E-state index in [4.69, 9.17) is 0 Å². The number of benzene rings is 1. The molecular weight excluding hydrogens is 423 g/mol. The molecule has 10 heteroatoms. The average molecular weight is 447 g/mol. The molecule has 1 saturated carbocycles. The second kappa shape index (κ2) is 9.65. The molecule has 1 aliphatic rings. The lowest BCUT2D eigenvalue weighted by atomic mass is 9.90. The highest BCUT2D eigenvalue weighted by Crippen LogP contribution is 2.35. The standard InChI is InChI=1S/C20H23FN6OS2/c1-2-27-17(13-8-10-15(21)11-9-13)23-26-20(27)29-12-16(28)22-19-25-24-18(30-19)14-6-4-3-5-7-14/h8-11,14H,2-7,12H2,1H3,(H,22,25,28). The van der Waals surface area contributed by atoms with Gasteiger partial charge < -0.3 is 4.57 Å². The first kappa shape index (κ1) is 20.9. The lowest BCUT2D eigenvalue weighted by Gasteiger charge is -2.18. The summed E-state index contributed by atoms with van der Waals surface area (Å²) in [6.45, 7) is 2.62. The summed E-state index contributed by atoms with van der Waals surface area (Å²) in [5, 5.41) is 21.9. The number of amides is 1. The van der Waals surface area contributed by atoms with Crippen molar-refractivity contribution in [3.8, 4) is 11.4 Å². The summed E-state index contributed by atoms with van der Waals surface area (Å²) in [7, 11) is 0. The molecule has 2 heterocycles. The molecule has 1 aromatic carbocycles. The predicted octanol–water partition coefficient (Wildman–Crippen LogP) is 4.73. The highest BCUT2D eigenvalue weighted by molar-refractivity contribution is 7.99. The molecule has 1 amide bonds. The molecule has 1 aliphatic carbocycles. The quantitative estimate of drug-likeness (QED) is 0.528. The molecule has 4 rings (SSSR count). The van der Waals surface area contributed by atoms with Crippen LogP contribution in [0.15, 0.2) is 29.4 Å². The third-order valence-corrected chi connectivity index (χ3v) is 7.08. The summed E-state index contributed by atoms with van der Waals surface area (Å²) >= 11 is 2.78. The number of nitrogens with zero attached hydrogens (tertiary/aromatic N) is 5. The Kier molecular flexibility index (Phi) is 6.73. The van der Waals surface area contributed by atoms with Crippen molar-refractivity contribution < 1.29 is 9.18 Å². The zero-order valence-corrected chi connectivity index (χ0v) is 18.3. The molecule has 3 aromatic rings. The Morgan fingerprint density at radius 2 is 1.93 bits per heavy atom. The highest BCUT2D eigenvalue weighted by Gasteiger charge is 2.20. The molecule has 0 radical (unpaired) electrons. The summed E-state index contributed by atoms with van der Waals surface area (Å²) in [5.41, 5.74) is 0.783. The van der Waals surface area contributed by atoms with Crippen LogP contribution < -0.4 is 5.32 Å². The zero-order valence-electron chi connectivity index (χ0n) is 16.7. The fourth-order valence-corrected chi connectivity index (χ4v) is 5.31. The lowest BCUT2D eigenvalue weighted by Crippen LogP contribution is -2.14. The number of hydrogen-bond donors (Lipinski definition) is 1. The van der Waals surface area contributed by atoms with Gasteiger partial charge in [0.05, 0.1) is 5.75 Å². The Bertz CT molecular complexity index is 997. The van der Waals surface area contributed by atoms with Crippen molar-refractivity contribution in [3.05, 3.63) is 35.1 Å². The van der Waals surface area contributed by atoms with E-state index in [1.54, 1.807) is 12.1 Å². The first-order valence-electron chi connectivity index (χ1n) is 10.1. The molecule has 1 N–H and O–H groups in total. The fraction of sp³-hybridized carbons (Fsp3) is 0.450. The number of halogens is 1. The summed E-state index contributed by atoms with van der Waals surface area (Å²) in [6.07, 6.45) is 6.07. The van der Waals surface area contributed by atoms with Gasteiger partial charge in [-0.05, 0) is 44.0 Å². The molecule has 0 spiro atoms. The number of anilines is 1. The van der Waals surface area contributed by atoms with E-state index in [-0.39, 0.29) is 17.5 Å². The SMILES string of the molecule is CCn1c(SCC(=O)Nc2nnc(C3CCCCC3)s2)nnc1-c1ccc(F)cc1. The Hall–Kier alpha value is -2.33. The van der Waals surface area contributed by atoms with E-state index in [1.807, 2.05) is 11.5 Å². The molecule has 0 bridgehead atoms. The Labute approximate surface area is 182 Å². The van der Waals surface area contributed by atoms with Gasteiger partial charge in [0.25, 0.3) is 0 Å². The number of carbonyl (C=O) groups is 1. The molecule has 0 saturated heterocycles. The van der Waals surface area contributed by atoms with Gasteiger partial charge in [-0.2, -0.15) is 0 Å². The largest absolute Gasteiger partial charge is 0.302 e. The molecule has 1 fully saturated rings. The van der Waals surface area contributed by atoms with E-state index in [2.05, 4.69) is 25.7 Å². The van der Waals surface area contributed by atoms with Crippen LogP contribution in [-0.4, -0.2) is 36.6 Å². The summed E-state index contributed by atoms with van der Waals surface area (Å²) in [4.78, 5) is 12.4. The van der Waals surface area contributed by atoms with Gasteiger partial charge in [-0.1, -0.05) is 42.4 Å². The van der Waals surface area contributed by atoms with E-state index in [9.17, 15) is 9.18 Å². The van der Waals surface area contributed by atoms with Crippen LogP contribution in [0.25, 0.3) is 11.4 Å². The van der Waals surface area contributed by atoms with Gasteiger partial charge in [0.2, 0.25) is 11.0 Å². The molecular formula is C20H23FN6OS2. The van der Waals surface area contributed by atoms with Crippen molar-refractivity contribution in [1.29, 1.82) is 0 Å². The monoisotopic (exact) mass is 446 g/mol. The topological polar surface area (TPSA) is 85.6 Å². The van der Waals surface area contributed by atoms with Crippen molar-refractivity contribution in [2.75, 3.05) is 11.1 Å². The summed E-state index contributed by atoms with van der Waals surface area (Å²) in [6, 6.07) is 6.14. The lowest BCUT2D eigenvalue weighted by molar-refractivity contribution is -0.113. The van der Waals surface area contributed by atoms with Crippen LogP contribution in [0.5, 0.6) is 0 Å². The molecule has 30 heavy (non-hydrogen) atoms. The third kappa shape index (κ3) is 4.86. The summed E-state index contributed by atoms with van der Waals surface area (Å²) < 4.78 is 15.1. The maximum absolute atomic E-state index is 13.2. The van der Waals surface area contributed by atoms with Gasteiger partial charge in [0, 0.05) is 18.0 Å². The van der Waals surface area contributed by atoms with Crippen LogP contribution in [-0.2, 0) is 11.3 Å². The van der Waals surface area contributed by atoms with Gasteiger partial charge >= 0.3 is 0 Å². The average Bonchev–Trinajstić information content (AvgIpc) is 3.40. The van der Waals surface area contributed by atoms with Gasteiger partial charge in [-0.25, -0.2) is 4.39 Å². The molecule has 7 nitrogen and oxygen atoms in total. The Balaban J connectivity index is 1.36. The second-order valence-corrected chi connectivity index (χ2v) is 9.13. The third-order valence-electron chi connectivity index (χ3n) is 5.11. The summed E-state index contributed by atoms with van der Waals surface area (Å²) in [5.74, 6) is 0.877. The van der Waals surface area contributed by atoms with Crippen LogP contribution in [0.4, 0.5) is 9.52 Å². The predicted molar refractivity (Wildman–Crippen MR) is 116 cm³/mol. The first-order chi connectivity index (χ1) is 14.6. The fourth-order valence-electron chi connectivity index (χ4n) is 3.58. The van der Waals surface area contributed by atoms with E-state index in [0.29, 0.717) is 28.6 Å². The van der Waals surface area contributed by atoms with E-state index in [0.717, 1.165) is 23.4 Å². The van der Waals surface area contributed by atoms with E-state index < -0.39 is 0 Å². The minimum Gasteiger partial charge on any atom is -0.302 e. The van der Waals surface area contributed by atoms with Crippen LogP contribution in [0.2, 0.25) is 0 Å². The minimum absolute atomic E-state index is 0.152. The van der Waals surface area contributed by atoms with Gasteiger partial charge in [0.1, 0.15) is 10.8 Å². The number of carbonyl (C=O) groups excluding carboxylic acids is 1.